The number of nitrogens with zero attached hydrogens (tertiary/aromatic N) is 1. The van der Waals surface area contributed by atoms with Crippen molar-refractivity contribution in [2.45, 2.75) is 25.8 Å². The third kappa shape index (κ3) is 3.10. The van der Waals surface area contributed by atoms with E-state index in [0.717, 1.165) is 12.8 Å². The molecule has 1 fully saturated rings. The number of rotatable bonds is 6. The molecule has 0 aliphatic heterocycles. The molecule has 0 spiro atoms. The smallest absolute Gasteiger partial charge is 0.308 e. The molecule has 1 saturated carbocycles. The fraction of sp³-hybridized carbons (Fsp3) is 0.467. The molecule has 1 aromatic rings. The van der Waals surface area contributed by atoms with E-state index in [1.54, 1.807) is 36.1 Å². The molecule has 5 nitrogen and oxygen atoms in total. The molecule has 0 heterocycles. The molecular weight excluding hydrogens is 258 g/mol. The van der Waals surface area contributed by atoms with Gasteiger partial charge in [0.2, 0.25) is 0 Å². The van der Waals surface area contributed by atoms with E-state index < -0.39 is 11.9 Å². The Labute approximate surface area is 118 Å². The minimum Gasteiger partial charge on any atom is -0.496 e. The minimum atomic E-state index is -0.886. The molecule has 1 amide bonds. The Balaban J connectivity index is 2.21. The molecule has 0 unspecified atom stereocenters. The van der Waals surface area contributed by atoms with Crippen LogP contribution in [0.2, 0.25) is 0 Å². The zero-order chi connectivity index (χ0) is 14.7. The number of carboxylic acid groups (broad SMARTS) is 1. The molecular formula is C15H19NO4. The van der Waals surface area contributed by atoms with Gasteiger partial charge in [-0.25, -0.2) is 0 Å². The number of hydrogen-bond donors (Lipinski definition) is 1. The zero-order valence-electron chi connectivity index (χ0n) is 11.7. The van der Waals surface area contributed by atoms with Crippen LogP contribution in [0.1, 0.15) is 30.1 Å². The lowest BCUT2D eigenvalue weighted by molar-refractivity contribution is -0.141. The predicted molar refractivity (Wildman–Crippen MR) is 73.9 cm³/mol. The molecule has 0 aromatic heterocycles. The summed E-state index contributed by atoms with van der Waals surface area (Å²) in [6.45, 7) is 1.85. The molecule has 1 atom stereocenters. The van der Waals surface area contributed by atoms with Crippen LogP contribution in [-0.2, 0) is 4.79 Å². The second kappa shape index (κ2) is 5.94. The van der Waals surface area contributed by atoms with E-state index in [2.05, 4.69) is 0 Å². The Morgan fingerprint density at radius 1 is 1.40 bits per heavy atom. The fourth-order valence-corrected chi connectivity index (χ4v) is 2.13. The Morgan fingerprint density at radius 3 is 2.60 bits per heavy atom. The molecule has 0 saturated heterocycles. The summed E-state index contributed by atoms with van der Waals surface area (Å²) in [7, 11) is 1.52. The fourth-order valence-electron chi connectivity index (χ4n) is 2.13. The first-order valence-electron chi connectivity index (χ1n) is 6.71. The quantitative estimate of drug-likeness (QED) is 0.864. The summed E-state index contributed by atoms with van der Waals surface area (Å²) in [6, 6.07) is 7.19. The van der Waals surface area contributed by atoms with Crippen molar-refractivity contribution >= 4 is 11.9 Å². The van der Waals surface area contributed by atoms with Crippen LogP contribution in [0.3, 0.4) is 0 Å². The lowest BCUT2D eigenvalue weighted by atomic mass is 10.1. The zero-order valence-corrected chi connectivity index (χ0v) is 11.7. The van der Waals surface area contributed by atoms with Gasteiger partial charge < -0.3 is 14.7 Å². The van der Waals surface area contributed by atoms with Gasteiger partial charge in [0, 0.05) is 12.6 Å². The number of methoxy groups -OCH3 is 1. The minimum absolute atomic E-state index is 0.155. The molecule has 5 heteroatoms. The van der Waals surface area contributed by atoms with Crippen molar-refractivity contribution < 1.29 is 19.4 Å². The van der Waals surface area contributed by atoms with E-state index >= 15 is 0 Å². The van der Waals surface area contributed by atoms with Gasteiger partial charge in [-0.1, -0.05) is 19.1 Å². The Morgan fingerprint density at radius 2 is 2.05 bits per heavy atom. The average Bonchev–Trinajstić information content (AvgIpc) is 3.28. The van der Waals surface area contributed by atoms with Gasteiger partial charge in [0.1, 0.15) is 5.75 Å². The number of ether oxygens (including phenoxy) is 1. The first-order valence-corrected chi connectivity index (χ1v) is 6.71. The second-order valence-electron chi connectivity index (χ2n) is 5.13. The molecule has 108 valence electrons. The lowest BCUT2D eigenvalue weighted by Crippen LogP contribution is -2.38. The topological polar surface area (TPSA) is 66.8 Å². The summed E-state index contributed by atoms with van der Waals surface area (Å²) in [5.74, 6) is -1.10. The summed E-state index contributed by atoms with van der Waals surface area (Å²) < 4.78 is 5.21. The maximum absolute atomic E-state index is 12.6. The maximum atomic E-state index is 12.6. The number of carbonyl (C=O) groups excluding carboxylic acids is 1. The normalized spacial score (nSPS) is 15.5. The van der Waals surface area contributed by atoms with Gasteiger partial charge in [0.05, 0.1) is 18.6 Å². The molecule has 2 rings (SSSR count). The van der Waals surface area contributed by atoms with Crippen LogP contribution >= 0.6 is 0 Å². The summed E-state index contributed by atoms with van der Waals surface area (Å²) in [5, 5.41) is 9.02. The van der Waals surface area contributed by atoms with Crippen LogP contribution in [0.15, 0.2) is 24.3 Å². The van der Waals surface area contributed by atoms with Crippen molar-refractivity contribution in [1.29, 1.82) is 0 Å². The van der Waals surface area contributed by atoms with E-state index in [1.807, 2.05) is 0 Å². The number of amides is 1. The van der Waals surface area contributed by atoms with Gasteiger partial charge in [-0.15, -0.1) is 0 Å². The monoisotopic (exact) mass is 277 g/mol. The lowest BCUT2D eigenvalue weighted by Gasteiger charge is -2.25. The highest BCUT2D eigenvalue weighted by molar-refractivity contribution is 5.97. The van der Waals surface area contributed by atoms with Gasteiger partial charge in [-0.3, -0.25) is 9.59 Å². The van der Waals surface area contributed by atoms with Crippen LogP contribution in [0.5, 0.6) is 5.75 Å². The highest BCUT2D eigenvalue weighted by atomic mass is 16.5. The molecule has 0 bridgehead atoms. The average molecular weight is 277 g/mol. The highest BCUT2D eigenvalue weighted by Gasteiger charge is 2.35. The van der Waals surface area contributed by atoms with E-state index in [-0.39, 0.29) is 18.5 Å². The van der Waals surface area contributed by atoms with Crippen molar-refractivity contribution in [3.8, 4) is 5.75 Å². The Kier molecular flexibility index (Phi) is 4.27. The first kappa shape index (κ1) is 14.4. The van der Waals surface area contributed by atoms with Crippen molar-refractivity contribution in [2.24, 2.45) is 5.92 Å². The van der Waals surface area contributed by atoms with Crippen LogP contribution in [0.4, 0.5) is 0 Å². The highest BCUT2D eigenvalue weighted by Crippen LogP contribution is 2.31. The molecule has 0 radical (unpaired) electrons. The van der Waals surface area contributed by atoms with E-state index in [1.165, 1.54) is 7.11 Å². The van der Waals surface area contributed by atoms with E-state index in [0.29, 0.717) is 11.3 Å². The summed E-state index contributed by atoms with van der Waals surface area (Å²) in [4.78, 5) is 25.3. The Hall–Kier alpha value is -2.04. The largest absolute Gasteiger partial charge is 0.496 e. The number of para-hydroxylation sites is 1. The number of carbonyl (C=O) groups is 2. The Bertz CT molecular complexity index is 510. The molecule has 20 heavy (non-hydrogen) atoms. The van der Waals surface area contributed by atoms with Crippen LogP contribution in [-0.4, -0.2) is 41.6 Å². The number of benzene rings is 1. The molecule has 1 N–H and O–H groups in total. The van der Waals surface area contributed by atoms with Gasteiger partial charge in [0.15, 0.2) is 0 Å². The van der Waals surface area contributed by atoms with Crippen molar-refractivity contribution in [3.05, 3.63) is 29.8 Å². The van der Waals surface area contributed by atoms with E-state index in [4.69, 9.17) is 9.84 Å². The summed E-state index contributed by atoms with van der Waals surface area (Å²) >= 11 is 0. The van der Waals surface area contributed by atoms with Crippen LogP contribution in [0, 0.1) is 5.92 Å². The van der Waals surface area contributed by atoms with Crippen molar-refractivity contribution in [2.75, 3.05) is 13.7 Å². The second-order valence-corrected chi connectivity index (χ2v) is 5.13. The SMILES string of the molecule is COc1ccccc1C(=O)N(C[C@@H](C)C(=O)O)C1CC1. The predicted octanol–water partition coefficient (Wildman–Crippen LogP) is 2.02. The van der Waals surface area contributed by atoms with Crippen LogP contribution in [0.25, 0.3) is 0 Å². The van der Waals surface area contributed by atoms with Crippen molar-refractivity contribution in [3.63, 3.8) is 0 Å². The van der Waals surface area contributed by atoms with Crippen molar-refractivity contribution in [1.82, 2.24) is 4.90 Å². The van der Waals surface area contributed by atoms with Gasteiger partial charge >= 0.3 is 5.97 Å². The summed E-state index contributed by atoms with van der Waals surface area (Å²) in [6.07, 6.45) is 1.88. The van der Waals surface area contributed by atoms with E-state index in [9.17, 15) is 9.59 Å². The third-order valence-electron chi connectivity index (χ3n) is 3.48. The first-order chi connectivity index (χ1) is 9.54. The molecule has 1 aliphatic carbocycles. The third-order valence-corrected chi connectivity index (χ3v) is 3.48. The number of aliphatic carboxylic acids is 1. The van der Waals surface area contributed by atoms with Gasteiger partial charge in [-0.05, 0) is 25.0 Å². The molecule has 1 aliphatic rings. The maximum Gasteiger partial charge on any atom is 0.308 e. The summed E-state index contributed by atoms with van der Waals surface area (Å²) in [5.41, 5.74) is 0.486. The van der Waals surface area contributed by atoms with Gasteiger partial charge in [-0.2, -0.15) is 0 Å². The standard InChI is InChI=1S/C15H19NO4/c1-10(15(18)19)9-16(11-7-8-11)14(17)12-5-3-4-6-13(12)20-2/h3-6,10-11H,7-9H2,1-2H3,(H,18,19)/t10-/m1/s1. The number of carboxylic acids is 1. The molecule has 1 aromatic carbocycles. The van der Waals surface area contributed by atoms with Gasteiger partial charge in [0.25, 0.3) is 5.91 Å². The van der Waals surface area contributed by atoms with Crippen LogP contribution < -0.4 is 4.74 Å². The number of hydrogen-bond acceptors (Lipinski definition) is 3.